The summed E-state index contributed by atoms with van der Waals surface area (Å²) >= 11 is 0. The minimum Gasteiger partial charge on any atom is -0.469 e. The van der Waals surface area contributed by atoms with Crippen molar-refractivity contribution >= 4 is 11.8 Å². The molecule has 0 aromatic rings. The number of carbonyl (C=O) groups excluding carboxylic acids is 2. The second-order valence-corrected chi connectivity index (χ2v) is 6.27. The van der Waals surface area contributed by atoms with Gasteiger partial charge in [-0.3, -0.25) is 9.59 Å². The largest absolute Gasteiger partial charge is 0.469 e. The van der Waals surface area contributed by atoms with E-state index in [1.54, 1.807) is 18.2 Å². The van der Waals surface area contributed by atoms with Gasteiger partial charge in [-0.1, -0.05) is 50.1 Å². The molecule has 0 unspecified atom stereocenters. The molecular formula is C21H30O4. The lowest BCUT2D eigenvalue weighted by molar-refractivity contribution is -0.140. The topological polar surface area (TPSA) is 63.6 Å². The van der Waals surface area contributed by atoms with Crippen LogP contribution < -0.4 is 0 Å². The number of methoxy groups -OCH3 is 1. The molecule has 0 saturated carbocycles. The first kappa shape index (κ1) is 21.1. The number of hydrogen-bond donors (Lipinski definition) is 1. The molecule has 0 radical (unpaired) electrons. The van der Waals surface area contributed by atoms with Crippen LogP contribution in [-0.2, 0) is 14.3 Å². The van der Waals surface area contributed by atoms with E-state index in [0.29, 0.717) is 24.8 Å². The summed E-state index contributed by atoms with van der Waals surface area (Å²) in [5.41, 5.74) is -0.816. The van der Waals surface area contributed by atoms with E-state index in [-0.39, 0.29) is 11.8 Å². The Hall–Kier alpha value is -1.94. The van der Waals surface area contributed by atoms with Crippen LogP contribution in [0, 0.1) is 0 Å². The van der Waals surface area contributed by atoms with E-state index in [4.69, 9.17) is 0 Å². The highest BCUT2D eigenvalue weighted by molar-refractivity contribution is 6.09. The number of rotatable bonds is 11. The zero-order valence-corrected chi connectivity index (χ0v) is 15.4. The van der Waals surface area contributed by atoms with Crippen molar-refractivity contribution in [3.8, 4) is 0 Å². The van der Waals surface area contributed by atoms with Gasteiger partial charge in [0.1, 0.15) is 5.60 Å². The molecular weight excluding hydrogens is 316 g/mol. The average molecular weight is 346 g/mol. The second-order valence-electron chi connectivity index (χ2n) is 6.27. The third kappa shape index (κ3) is 7.65. The molecule has 4 nitrogen and oxygen atoms in total. The van der Waals surface area contributed by atoms with Crippen molar-refractivity contribution in [3.05, 3.63) is 48.1 Å². The fourth-order valence-electron chi connectivity index (χ4n) is 2.63. The van der Waals surface area contributed by atoms with Crippen LogP contribution >= 0.6 is 0 Å². The number of carbonyl (C=O) groups is 2. The molecule has 0 saturated heterocycles. The lowest BCUT2D eigenvalue weighted by Gasteiger charge is -2.20. The van der Waals surface area contributed by atoms with Gasteiger partial charge in [-0.05, 0) is 37.8 Å². The van der Waals surface area contributed by atoms with Crippen molar-refractivity contribution < 1.29 is 19.4 Å². The zero-order chi connectivity index (χ0) is 18.5. The quantitative estimate of drug-likeness (QED) is 0.263. The number of ether oxygens (including phenoxy) is 1. The Bertz CT molecular complexity index is 554. The number of unbranched alkanes of at least 4 members (excludes halogenated alkanes) is 4. The van der Waals surface area contributed by atoms with Crippen LogP contribution in [0.4, 0.5) is 0 Å². The van der Waals surface area contributed by atoms with Gasteiger partial charge in [0, 0.05) is 18.4 Å². The van der Waals surface area contributed by atoms with E-state index in [9.17, 15) is 14.7 Å². The fraction of sp³-hybridized carbons (Fsp3) is 0.524. The zero-order valence-electron chi connectivity index (χ0n) is 15.4. The van der Waals surface area contributed by atoms with Gasteiger partial charge in [0.15, 0.2) is 5.78 Å². The summed E-state index contributed by atoms with van der Waals surface area (Å²) in [6.07, 6.45) is 19.1. The van der Waals surface area contributed by atoms with E-state index in [0.717, 1.165) is 19.3 Å². The van der Waals surface area contributed by atoms with Crippen molar-refractivity contribution in [3.63, 3.8) is 0 Å². The van der Waals surface area contributed by atoms with Gasteiger partial charge in [-0.25, -0.2) is 0 Å². The Morgan fingerprint density at radius 1 is 1.20 bits per heavy atom. The number of ketones is 1. The van der Waals surface area contributed by atoms with Gasteiger partial charge in [0.2, 0.25) is 0 Å². The molecule has 1 aliphatic rings. The second kappa shape index (κ2) is 11.6. The van der Waals surface area contributed by atoms with Crippen LogP contribution in [-0.4, -0.2) is 29.6 Å². The van der Waals surface area contributed by atoms with E-state index < -0.39 is 5.60 Å². The number of esters is 1. The van der Waals surface area contributed by atoms with Crippen molar-refractivity contribution in [2.75, 3.05) is 7.11 Å². The van der Waals surface area contributed by atoms with Gasteiger partial charge in [-0.2, -0.15) is 0 Å². The van der Waals surface area contributed by atoms with E-state index in [2.05, 4.69) is 17.7 Å². The smallest absolute Gasteiger partial charge is 0.305 e. The number of aliphatic hydroxyl groups is 1. The molecule has 0 bridgehead atoms. The lowest BCUT2D eigenvalue weighted by atomic mass is 9.92. The Kier molecular flexibility index (Phi) is 9.78. The van der Waals surface area contributed by atoms with Crippen LogP contribution in [0.2, 0.25) is 0 Å². The van der Waals surface area contributed by atoms with Crippen molar-refractivity contribution in [1.29, 1.82) is 0 Å². The third-order valence-electron chi connectivity index (χ3n) is 4.19. The maximum atomic E-state index is 12.0. The highest BCUT2D eigenvalue weighted by Gasteiger charge is 2.35. The van der Waals surface area contributed by atoms with E-state index in [1.165, 1.54) is 26.0 Å². The molecule has 1 aliphatic carbocycles. The van der Waals surface area contributed by atoms with Crippen LogP contribution in [0.1, 0.15) is 58.3 Å². The van der Waals surface area contributed by atoms with Gasteiger partial charge >= 0.3 is 5.97 Å². The van der Waals surface area contributed by atoms with Crippen LogP contribution in [0.15, 0.2) is 48.1 Å². The molecule has 0 aromatic heterocycles. The molecule has 0 fully saturated rings. The minimum absolute atomic E-state index is 0.152. The number of hydrogen-bond acceptors (Lipinski definition) is 4. The summed E-state index contributed by atoms with van der Waals surface area (Å²) in [5, 5.41) is 10.7. The van der Waals surface area contributed by atoms with Crippen molar-refractivity contribution in [2.24, 2.45) is 0 Å². The fourth-order valence-corrected chi connectivity index (χ4v) is 2.63. The Morgan fingerprint density at radius 3 is 2.68 bits per heavy atom. The lowest BCUT2D eigenvalue weighted by Crippen LogP contribution is -2.27. The normalized spacial score (nSPS) is 21.9. The van der Waals surface area contributed by atoms with E-state index in [1.807, 2.05) is 12.2 Å². The molecule has 4 heteroatoms. The molecule has 1 atom stereocenters. The van der Waals surface area contributed by atoms with E-state index >= 15 is 0 Å². The van der Waals surface area contributed by atoms with Crippen LogP contribution in [0.5, 0.6) is 0 Å². The SMILES string of the molecule is CCCCCC=CC[C@@]1(O)C=CC(=O)/C1=C\C=C\CCCC(=O)OC. The van der Waals surface area contributed by atoms with Crippen molar-refractivity contribution in [1.82, 2.24) is 0 Å². The minimum atomic E-state index is -1.21. The predicted molar refractivity (Wildman–Crippen MR) is 100 cm³/mol. The highest BCUT2D eigenvalue weighted by Crippen LogP contribution is 2.30. The maximum absolute atomic E-state index is 12.0. The van der Waals surface area contributed by atoms with Crippen LogP contribution in [0.3, 0.4) is 0 Å². The summed E-state index contributed by atoms with van der Waals surface area (Å²) in [6, 6.07) is 0. The summed E-state index contributed by atoms with van der Waals surface area (Å²) in [6.45, 7) is 2.17. The maximum Gasteiger partial charge on any atom is 0.305 e. The average Bonchev–Trinajstić information content (AvgIpc) is 2.89. The molecule has 0 spiro atoms. The number of allylic oxidation sites excluding steroid dienone is 5. The standard InChI is InChI=1S/C21H30O4/c1-3-4-5-6-9-12-16-21(24)17-15-19(22)18(21)13-10-7-8-11-14-20(23)25-2/h7,9-10,12-13,15,17,24H,3-6,8,11,14,16H2,1-2H3/b10-7+,12-9?,18-13+/t21-/m1/s1. The van der Waals surface area contributed by atoms with Gasteiger partial charge in [0.25, 0.3) is 0 Å². The predicted octanol–water partition coefficient (Wildman–Crippen LogP) is 4.21. The molecule has 25 heavy (non-hydrogen) atoms. The molecule has 0 amide bonds. The Morgan fingerprint density at radius 2 is 1.96 bits per heavy atom. The molecule has 1 rings (SSSR count). The third-order valence-corrected chi connectivity index (χ3v) is 4.19. The van der Waals surface area contributed by atoms with Crippen molar-refractivity contribution in [2.45, 2.75) is 63.9 Å². The first-order valence-electron chi connectivity index (χ1n) is 9.08. The first-order chi connectivity index (χ1) is 12.0. The Labute approximate surface area is 151 Å². The molecule has 0 aromatic carbocycles. The monoisotopic (exact) mass is 346 g/mol. The molecule has 1 N–H and O–H groups in total. The summed E-state index contributed by atoms with van der Waals surface area (Å²) in [5.74, 6) is -0.372. The van der Waals surface area contributed by atoms with Gasteiger partial charge in [0.05, 0.1) is 7.11 Å². The van der Waals surface area contributed by atoms with Gasteiger partial charge < -0.3 is 9.84 Å². The van der Waals surface area contributed by atoms with Gasteiger partial charge in [-0.15, -0.1) is 0 Å². The molecule has 0 aliphatic heterocycles. The summed E-state index contributed by atoms with van der Waals surface area (Å²) in [4.78, 5) is 23.0. The molecule has 138 valence electrons. The first-order valence-corrected chi connectivity index (χ1v) is 9.08. The molecule has 0 heterocycles. The highest BCUT2D eigenvalue weighted by atomic mass is 16.5. The summed E-state index contributed by atoms with van der Waals surface area (Å²) < 4.78 is 4.58. The summed E-state index contributed by atoms with van der Waals surface area (Å²) in [7, 11) is 1.38. The van der Waals surface area contributed by atoms with Crippen LogP contribution in [0.25, 0.3) is 0 Å². The Balaban J connectivity index is 2.51.